The molecule has 0 fully saturated rings. The lowest BCUT2D eigenvalue weighted by atomic mass is 10.0. The van der Waals surface area contributed by atoms with Gasteiger partial charge in [-0.2, -0.15) is 0 Å². The van der Waals surface area contributed by atoms with E-state index in [1.165, 1.54) is 57.8 Å². The molecule has 0 aliphatic carbocycles. The summed E-state index contributed by atoms with van der Waals surface area (Å²) in [7, 11) is 0. The average molecular weight is 462 g/mol. The monoisotopic (exact) mass is 461 g/mol. The lowest BCUT2D eigenvalue weighted by Gasteiger charge is -2.06. The Hall–Kier alpha value is -2.72. The van der Waals surface area contributed by atoms with Gasteiger partial charge in [0, 0.05) is 30.8 Å². The van der Waals surface area contributed by atoms with Gasteiger partial charge >= 0.3 is 23.9 Å². The second-order valence-corrected chi connectivity index (χ2v) is 6.88. The average Bonchev–Trinajstić information content (AvgIpc) is 2.72. The molecule has 0 aromatic rings. The number of nitrogens with two attached hydrogens (primary N) is 1. The third-order valence-corrected chi connectivity index (χ3v) is 3.90. The first-order valence-electron chi connectivity index (χ1n) is 10.7. The van der Waals surface area contributed by atoms with Crippen LogP contribution in [0.3, 0.4) is 0 Å². The summed E-state index contributed by atoms with van der Waals surface area (Å²) < 4.78 is 0. The van der Waals surface area contributed by atoms with Crippen molar-refractivity contribution in [2.45, 2.75) is 83.7 Å². The molecule has 186 valence electrons. The Bertz CT molecular complexity index is 494. The third-order valence-electron chi connectivity index (χ3n) is 3.90. The molecule has 0 aliphatic rings. The zero-order chi connectivity index (χ0) is 25.2. The van der Waals surface area contributed by atoms with Crippen LogP contribution in [0.25, 0.3) is 0 Å². The van der Waals surface area contributed by atoms with Crippen LogP contribution < -0.4 is 5.73 Å². The summed E-state index contributed by atoms with van der Waals surface area (Å²) >= 11 is 0. The number of aliphatic carboxylic acids is 4. The van der Waals surface area contributed by atoms with Crippen LogP contribution in [0.5, 0.6) is 0 Å². The van der Waals surface area contributed by atoms with Crippen LogP contribution in [-0.4, -0.2) is 62.1 Å². The van der Waals surface area contributed by atoms with Crippen molar-refractivity contribution in [3.63, 3.8) is 0 Å². The van der Waals surface area contributed by atoms with Crippen molar-refractivity contribution in [3.8, 4) is 0 Å². The number of rotatable bonds is 16. The van der Waals surface area contributed by atoms with E-state index in [4.69, 9.17) is 26.2 Å². The van der Waals surface area contributed by atoms with Gasteiger partial charge in [-0.3, -0.25) is 0 Å². The predicted molar refractivity (Wildman–Crippen MR) is 120 cm³/mol. The Kier molecular flexibility index (Phi) is 27.9. The molecular weight excluding hydrogens is 422 g/mol. The van der Waals surface area contributed by atoms with Gasteiger partial charge in [0.2, 0.25) is 0 Å². The van der Waals surface area contributed by atoms with Crippen molar-refractivity contribution >= 4 is 23.9 Å². The standard InChI is InChI=1S/C14H31NO.2C4H4O4/c1-2-3-4-5-6-7-8-9-10-11-12-14(16)13-15;2*5-3(6)1-2-4(7)8/h14,16H,2-13,15H2,1H3;2*1-2H,(H,5,6)(H,7,8)/b;2*2-1-. The summed E-state index contributed by atoms with van der Waals surface area (Å²) in [4.78, 5) is 38.2. The Morgan fingerprint density at radius 1 is 0.625 bits per heavy atom. The van der Waals surface area contributed by atoms with Gasteiger partial charge in [0.1, 0.15) is 0 Å². The lowest BCUT2D eigenvalue weighted by Crippen LogP contribution is -2.19. The number of carboxylic acid groups (broad SMARTS) is 4. The maximum Gasteiger partial charge on any atom is 0.328 e. The van der Waals surface area contributed by atoms with Crippen molar-refractivity contribution in [2.75, 3.05) is 6.54 Å². The maximum absolute atomic E-state index is 9.55. The summed E-state index contributed by atoms with van der Waals surface area (Å²) in [5, 5.41) is 40.5. The Morgan fingerprint density at radius 2 is 0.906 bits per heavy atom. The molecule has 10 nitrogen and oxygen atoms in total. The van der Waals surface area contributed by atoms with Crippen LogP contribution in [0, 0.1) is 0 Å². The molecule has 1 unspecified atom stereocenters. The van der Waals surface area contributed by atoms with Crippen molar-refractivity contribution < 1.29 is 44.7 Å². The normalized spacial score (nSPS) is 11.2. The SMILES string of the molecule is CCCCCCCCCCCCC(O)CN.O=C(O)/C=C\C(=O)O.O=C(O)/C=C\C(=O)O. The molecule has 7 N–H and O–H groups in total. The van der Waals surface area contributed by atoms with E-state index in [1.54, 1.807) is 0 Å². The molecule has 0 bridgehead atoms. The molecule has 0 radical (unpaired) electrons. The molecule has 0 rings (SSSR count). The van der Waals surface area contributed by atoms with Crippen molar-refractivity contribution in [1.82, 2.24) is 0 Å². The predicted octanol–water partition coefficient (Wildman–Crippen LogP) is 3.04. The zero-order valence-corrected chi connectivity index (χ0v) is 18.8. The Balaban J connectivity index is -0.000000441. The summed E-state index contributed by atoms with van der Waals surface area (Å²) in [5.41, 5.74) is 5.34. The summed E-state index contributed by atoms with van der Waals surface area (Å²) in [6, 6.07) is 0. The fourth-order valence-corrected chi connectivity index (χ4v) is 2.27. The van der Waals surface area contributed by atoms with Gasteiger partial charge in [0.15, 0.2) is 0 Å². The topological polar surface area (TPSA) is 195 Å². The highest BCUT2D eigenvalue weighted by Gasteiger charge is 1.99. The Labute approximate surface area is 189 Å². The first-order valence-corrected chi connectivity index (χ1v) is 10.7. The van der Waals surface area contributed by atoms with Crippen LogP contribution >= 0.6 is 0 Å². The molecule has 0 amide bonds. The van der Waals surface area contributed by atoms with Crippen molar-refractivity contribution in [2.24, 2.45) is 5.73 Å². The Morgan fingerprint density at radius 3 is 1.16 bits per heavy atom. The number of hydrogen-bond acceptors (Lipinski definition) is 6. The van der Waals surface area contributed by atoms with E-state index in [1.807, 2.05) is 0 Å². The van der Waals surface area contributed by atoms with Gasteiger partial charge in [-0.05, 0) is 6.42 Å². The van der Waals surface area contributed by atoms with Crippen molar-refractivity contribution in [1.29, 1.82) is 0 Å². The lowest BCUT2D eigenvalue weighted by molar-refractivity contribution is -0.134. The minimum absolute atomic E-state index is 0.269. The van der Waals surface area contributed by atoms with Gasteiger partial charge in [-0.15, -0.1) is 0 Å². The van der Waals surface area contributed by atoms with Gasteiger partial charge in [-0.1, -0.05) is 71.1 Å². The largest absolute Gasteiger partial charge is 0.478 e. The summed E-state index contributed by atoms with van der Waals surface area (Å²) in [5.74, 6) is -5.03. The first-order chi connectivity index (χ1) is 15.1. The third kappa shape index (κ3) is 41.6. The van der Waals surface area contributed by atoms with Crippen molar-refractivity contribution in [3.05, 3.63) is 24.3 Å². The van der Waals surface area contributed by atoms with Crippen LogP contribution in [0.4, 0.5) is 0 Å². The molecular formula is C22H39NO9. The van der Waals surface area contributed by atoms with E-state index in [9.17, 15) is 24.3 Å². The fraction of sp³-hybridized carbons (Fsp3) is 0.636. The minimum atomic E-state index is -1.26. The second kappa shape index (κ2) is 26.3. The molecule has 0 saturated carbocycles. The molecule has 10 heteroatoms. The molecule has 0 aromatic heterocycles. The molecule has 0 spiro atoms. The maximum atomic E-state index is 9.55. The molecule has 0 heterocycles. The number of unbranched alkanes of at least 4 members (excludes halogenated alkanes) is 9. The van der Waals surface area contributed by atoms with Crippen LogP contribution in [0.1, 0.15) is 77.6 Å². The highest BCUT2D eigenvalue weighted by atomic mass is 16.4. The summed E-state index contributed by atoms with van der Waals surface area (Å²) in [6.07, 6.45) is 16.3. The fourth-order valence-electron chi connectivity index (χ4n) is 2.27. The van der Waals surface area contributed by atoms with Gasteiger partial charge < -0.3 is 31.3 Å². The zero-order valence-electron chi connectivity index (χ0n) is 18.8. The van der Waals surface area contributed by atoms with Gasteiger partial charge in [0.25, 0.3) is 0 Å². The number of carboxylic acids is 4. The van der Waals surface area contributed by atoms with Gasteiger partial charge in [0.05, 0.1) is 6.10 Å². The van der Waals surface area contributed by atoms with E-state index < -0.39 is 23.9 Å². The van der Waals surface area contributed by atoms with E-state index in [-0.39, 0.29) is 6.10 Å². The van der Waals surface area contributed by atoms with Crippen LogP contribution in [-0.2, 0) is 19.2 Å². The quantitative estimate of drug-likeness (QED) is 0.147. The molecule has 1 atom stereocenters. The van der Waals surface area contributed by atoms with Gasteiger partial charge in [-0.25, -0.2) is 19.2 Å². The molecule has 32 heavy (non-hydrogen) atoms. The first kappa shape index (κ1) is 33.9. The van der Waals surface area contributed by atoms with Crippen LogP contribution in [0.2, 0.25) is 0 Å². The highest BCUT2D eigenvalue weighted by Crippen LogP contribution is 2.11. The van der Waals surface area contributed by atoms with Crippen LogP contribution in [0.15, 0.2) is 24.3 Å². The van der Waals surface area contributed by atoms with E-state index in [0.717, 1.165) is 12.8 Å². The highest BCUT2D eigenvalue weighted by molar-refractivity contribution is 5.90. The number of hydrogen-bond donors (Lipinski definition) is 6. The molecule has 0 aromatic carbocycles. The number of aliphatic hydroxyl groups excluding tert-OH is 1. The molecule has 0 saturated heterocycles. The summed E-state index contributed by atoms with van der Waals surface area (Å²) in [6.45, 7) is 2.67. The van der Waals surface area contributed by atoms with E-state index in [0.29, 0.717) is 30.8 Å². The van der Waals surface area contributed by atoms with E-state index >= 15 is 0 Å². The number of aliphatic hydroxyl groups is 1. The molecule has 0 aliphatic heterocycles. The minimum Gasteiger partial charge on any atom is -0.478 e. The smallest absolute Gasteiger partial charge is 0.328 e. The number of carbonyl (C=O) groups is 4. The van der Waals surface area contributed by atoms with E-state index in [2.05, 4.69) is 6.92 Å². The second-order valence-electron chi connectivity index (χ2n) is 6.88.